The summed E-state index contributed by atoms with van der Waals surface area (Å²) in [5.41, 5.74) is 4.15. The third-order valence-corrected chi connectivity index (χ3v) is 3.84. The first-order valence-corrected chi connectivity index (χ1v) is 8.13. The number of aryl methyl sites for hydroxylation is 1. The lowest BCUT2D eigenvalue weighted by molar-refractivity contribution is -0.137. The summed E-state index contributed by atoms with van der Waals surface area (Å²) in [5.74, 6) is 0.633. The van der Waals surface area contributed by atoms with Crippen molar-refractivity contribution in [3.8, 4) is 11.4 Å². The van der Waals surface area contributed by atoms with Crippen LogP contribution in [0, 0.1) is 0 Å². The summed E-state index contributed by atoms with van der Waals surface area (Å²) in [6.07, 6.45) is 3.20. The summed E-state index contributed by atoms with van der Waals surface area (Å²) >= 11 is 0. The first-order valence-electron chi connectivity index (χ1n) is 8.13. The zero-order valence-electron chi connectivity index (χ0n) is 13.9. The number of carbonyl (C=O) groups excluding carboxylic acids is 1. The highest BCUT2D eigenvalue weighted by atomic mass is 16.5. The second-order valence-electron chi connectivity index (χ2n) is 5.38. The molecule has 1 aromatic heterocycles. The molecule has 0 saturated heterocycles. The lowest BCUT2D eigenvalue weighted by atomic mass is 10.1. The summed E-state index contributed by atoms with van der Waals surface area (Å²) < 4.78 is 7.09. The molecule has 3 aromatic rings. The SMILES string of the molecule is CCOC(=O)/C=C/c1ccc(-c2nc3ccccc3n2CC)cc1. The molecule has 0 spiro atoms. The van der Waals surface area contributed by atoms with Gasteiger partial charge in [-0.2, -0.15) is 0 Å². The Morgan fingerprint density at radius 2 is 1.88 bits per heavy atom. The highest BCUT2D eigenvalue weighted by Crippen LogP contribution is 2.25. The van der Waals surface area contributed by atoms with E-state index in [0.717, 1.165) is 34.5 Å². The molecular weight excluding hydrogens is 300 g/mol. The van der Waals surface area contributed by atoms with Crippen LogP contribution in [0.2, 0.25) is 0 Å². The Balaban J connectivity index is 1.90. The molecule has 0 unspecified atom stereocenters. The maximum Gasteiger partial charge on any atom is 0.330 e. The van der Waals surface area contributed by atoms with Gasteiger partial charge in [0, 0.05) is 18.2 Å². The molecule has 3 rings (SSSR count). The van der Waals surface area contributed by atoms with Gasteiger partial charge in [0.2, 0.25) is 0 Å². The van der Waals surface area contributed by atoms with Crippen molar-refractivity contribution in [1.82, 2.24) is 9.55 Å². The smallest absolute Gasteiger partial charge is 0.330 e. The number of para-hydroxylation sites is 2. The van der Waals surface area contributed by atoms with Gasteiger partial charge in [0.05, 0.1) is 17.6 Å². The lowest BCUT2D eigenvalue weighted by Gasteiger charge is -2.06. The van der Waals surface area contributed by atoms with E-state index in [-0.39, 0.29) is 5.97 Å². The Kier molecular flexibility index (Phi) is 4.75. The molecule has 0 fully saturated rings. The molecule has 1 heterocycles. The molecule has 0 aliphatic heterocycles. The zero-order chi connectivity index (χ0) is 16.9. The van der Waals surface area contributed by atoms with Gasteiger partial charge in [-0.25, -0.2) is 9.78 Å². The van der Waals surface area contributed by atoms with E-state index in [1.807, 2.05) is 42.5 Å². The predicted octanol–water partition coefficient (Wildman–Crippen LogP) is 4.30. The van der Waals surface area contributed by atoms with Crippen molar-refractivity contribution in [3.05, 3.63) is 60.2 Å². The Hall–Kier alpha value is -2.88. The first kappa shape index (κ1) is 16.0. The first-order chi connectivity index (χ1) is 11.7. The van der Waals surface area contributed by atoms with Crippen LogP contribution in [0.4, 0.5) is 0 Å². The summed E-state index contributed by atoms with van der Waals surface area (Å²) in [6.45, 7) is 5.16. The number of nitrogens with zero attached hydrogens (tertiary/aromatic N) is 2. The molecule has 0 radical (unpaired) electrons. The second-order valence-corrected chi connectivity index (χ2v) is 5.38. The highest BCUT2D eigenvalue weighted by molar-refractivity contribution is 5.87. The molecular formula is C20H20N2O2. The molecule has 0 saturated carbocycles. The highest BCUT2D eigenvalue weighted by Gasteiger charge is 2.10. The standard InChI is InChI=1S/C20H20N2O2/c1-3-22-18-8-6-5-7-17(18)21-20(22)16-12-9-15(10-13-16)11-14-19(23)24-4-2/h5-14H,3-4H2,1-2H3/b14-11+. The van der Waals surface area contributed by atoms with Crippen LogP contribution in [-0.2, 0) is 16.1 Å². The largest absolute Gasteiger partial charge is 0.463 e. The van der Waals surface area contributed by atoms with Crippen LogP contribution in [0.15, 0.2) is 54.6 Å². The molecule has 4 heteroatoms. The van der Waals surface area contributed by atoms with Gasteiger partial charge in [0.25, 0.3) is 0 Å². The third kappa shape index (κ3) is 3.23. The quantitative estimate of drug-likeness (QED) is 0.520. The van der Waals surface area contributed by atoms with Crippen LogP contribution in [0.3, 0.4) is 0 Å². The molecule has 2 aromatic carbocycles. The fourth-order valence-corrected chi connectivity index (χ4v) is 2.71. The van der Waals surface area contributed by atoms with Gasteiger partial charge in [-0.1, -0.05) is 36.4 Å². The zero-order valence-corrected chi connectivity index (χ0v) is 13.9. The summed E-state index contributed by atoms with van der Waals surface area (Å²) in [4.78, 5) is 16.1. The average molecular weight is 320 g/mol. The van der Waals surface area contributed by atoms with E-state index in [1.165, 1.54) is 6.08 Å². The van der Waals surface area contributed by atoms with E-state index in [9.17, 15) is 4.79 Å². The van der Waals surface area contributed by atoms with Gasteiger partial charge in [-0.15, -0.1) is 0 Å². The van der Waals surface area contributed by atoms with E-state index >= 15 is 0 Å². The van der Waals surface area contributed by atoms with Gasteiger partial charge in [0.15, 0.2) is 0 Å². The number of fused-ring (bicyclic) bond motifs is 1. The van der Waals surface area contributed by atoms with Crippen molar-refractivity contribution in [1.29, 1.82) is 0 Å². The Labute approximate surface area is 141 Å². The number of ether oxygens (including phenoxy) is 1. The molecule has 4 nitrogen and oxygen atoms in total. The van der Waals surface area contributed by atoms with Crippen LogP contribution in [0.25, 0.3) is 28.5 Å². The number of hydrogen-bond acceptors (Lipinski definition) is 3. The van der Waals surface area contributed by atoms with E-state index in [1.54, 1.807) is 13.0 Å². The van der Waals surface area contributed by atoms with Crippen molar-refractivity contribution >= 4 is 23.1 Å². The summed E-state index contributed by atoms with van der Waals surface area (Å²) in [5, 5.41) is 0. The van der Waals surface area contributed by atoms with Gasteiger partial charge in [-0.05, 0) is 37.6 Å². The average Bonchev–Trinajstić information content (AvgIpc) is 2.99. The van der Waals surface area contributed by atoms with E-state index in [2.05, 4.69) is 17.6 Å². The topological polar surface area (TPSA) is 44.1 Å². The van der Waals surface area contributed by atoms with Crippen LogP contribution in [0.5, 0.6) is 0 Å². The van der Waals surface area contributed by atoms with Crippen LogP contribution in [-0.4, -0.2) is 22.1 Å². The molecule has 0 atom stereocenters. The number of carbonyl (C=O) groups is 1. The summed E-state index contributed by atoms with van der Waals surface area (Å²) in [6, 6.07) is 16.2. The van der Waals surface area contributed by atoms with Crippen molar-refractivity contribution in [3.63, 3.8) is 0 Å². The van der Waals surface area contributed by atoms with Gasteiger partial charge in [-0.3, -0.25) is 0 Å². The Morgan fingerprint density at radius 3 is 2.58 bits per heavy atom. The summed E-state index contributed by atoms with van der Waals surface area (Å²) in [7, 11) is 0. The molecule has 0 bridgehead atoms. The predicted molar refractivity (Wildman–Crippen MR) is 96.5 cm³/mol. The number of aromatic nitrogens is 2. The minimum Gasteiger partial charge on any atom is -0.463 e. The van der Waals surface area contributed by atoms with Crippen molar-refractivity contribution in [2.45, 2.75) is 20.4 Å². The van der Waals surface area contributed by atoms with E-state index in [4.69, 9.17) is 9.72 Å². The Morgan fingerprint density at radius 1 is 1.12 bits per heavy atom. The van der Waals surface area contributed by atoms with E-state index < -0.39 is 0 Å². The fraction of sp³-hybridized carbons (Fsp3) is 0.200. The molecule has 0 N–H and O–H groups in total. The minimum atomic E-state index is -0.325. The Bertz CT molecular complexity index is 876. The molecule has 122 valence electrons. The van der Waals surface area contributed by atoms with Crippen LogP contribution in [0.1, 0.15) is 19.4 Å². The number of rotatable bonds is 5. The van der Waals surface area contributed by atoms with Crippen molar-refractivity contribution in [2.75, 3.05) is 6.61 Å². The number of esters is 1. The lowest BCUT2D eigenvalue weighted by Crippen LogP contribution is -1.98. The minimum absolute atomic E-state index is 0.325. The molecule has 24 heavy (non-hydrogen) atoms. The van der Waals surface area contributed by atoms with Crippen LogP contribution >= 0.6 is 0 Å². The van der Waals surface area contributed by atoms with E-state index in [0.29, 0.717) is 6.61 Å². The van der Waals surface area contributed by atoms with Crippen molar-refractivity contribution < 1.29 is 9.53 Å². The van der Waals surface area contributed by atoms with Gasteiger partial charge in [0.1, 0.15) is 5.82 Å². The maximum absolute atomic E-state index is 11.4. The number of hydrogen-bond donors (Lipinski definition) is 0. The molecule has 0 aliphatic rings. The normalized spacial score (nSPS) is 11.2. The van der Waals surface area contributed by atoms with Crippen LogP contribution < -0.4 is 0 Å². The monoisotopic (exact) mass is 320 g/mol. The molecule has 0 aliphatic carbocycles. The third-order valence-electron chi connectivity index (χ3n) is 3.84. The molecule has 0 amide bonds. The van der Waals surface area contributed by atoms with Crippen molar-refractivity contribution in [2.24, 2.45) is 0 Å². The number of benzene rings is 2. The second kappa shape index (κ2) is 7.13. The maximum atomic E-state index is 11.4. The number of imidazole rings is 1. The fourth-order valence-electron chi connectivity index (χ4n) is 2.71. The van der Waals surface area contributed by atoms with Gasteiger partial charge < -0.3 is 9.30 Å². The van der Waals surface area contributed by atoms with Gasteiger partial charge >= 0.3 is 5.97 Å².